The van der Waals surface area contributed by atoms with E-state index in [2.05, 4.69) is 42.8 Å². The van der Waals surface area contributed by atoms with Crippen molar-refractivity contribution >= 4 is 23.8 Å². The van der Waals surface area contributed by atoms with Gasteiger partial charge in [-0.25, -0.2) is 4.79 Å². The Labute approximate surface area is 319 Å². The third-order valence-corrected chi connectivity index (χ3v) is 10.2. The number of likely N-dealkylation sites (tertiary alicyclic amines) is 1. The summed E-state index contributed by atoms with van der Waals surface area (Å²) in [5.41, 5.74) is -0.501. The maximum Gasteiger partial charge on any atom is 0.407 e. The number of alkyl carbamates (subject to hydrolysis) is 1. The molecule has 2 heterocycles. The summed E-state index contributed by atoms with van der Waals surface area (Å²) < 4.78 is 5.72. The molecule has 0 aliphatic carbocycles. The highest BCUT2D eigenvalue weighted by Crippen LogP contribution is 2.38. The summed E-state index contributed by atoms with van der Waals surface area (Å²) in [5.74, 6) is -0.197. The molecule has 298 valence electrons. The summed E-state index contributed by atoms with van der Waals surface area (Å²) in [4.78, 5) is 55.9. The van der Waals surface area contributed by atoms with Crippen LogP contribution in [-0.4, -0.2) is 86.9 Å². The third-order valence-electron chi connectivity index (χ3n) is 10.2. The van der Waals surface area contributed by atoms with Crippen LogP contribution in [0.2, 0.25) is 0 Å². The number of benzene rings is 1. The molecule has 11 heteroatoms. The first-order valence-corrected chi connectivity index (χ1v) is 19.8. The van der Waals surface area contributed by atoms with E-state index in [9.17, 15) is 24.4 Å². The molecule has 1 aromatic carbocycles. The quantitative estimate of drug-likeness (QED) is 0.108. The second-order valence-corrected chi connectivity index (χ2v) is 18.1. The van der Waals surface area contributed by atoms with Crippen molar-refractivity contribution in [1.29, 1.82) is 0 Å². The van der Waals surface area contributed by atoms with E-state index in [1.807, 2.05) is 84.9 Å². The number of rotatable bonds is 16. The number of piperidine rings is 1. The Morgan fingerprint density at radius 1 is 0.981 bits per heavy atom. The maximum absolute atomic E-state index is 14.2. The zero-order valence-electron chi connectivity index (χ0n) is 34.2. The van der Waals surface area contributed by atoms with Crippen LogP contribution in [0.1, 0.15) is 126 Å². The van der Waals surface area contributed by atoms with Crippen molar-refractivity contribution in [1.82, 2.24) is 25.9 Å². The fraction of sp³-hybridized carbons (Fsp3) is 0.714. The lowest BCUT2D eigenvalue weighted by atomic mass is 9.80. The molecule has 1 aromatic rings. The number of carbonyl (C=O) groups excluding carboxylic acids is 4. The Morgan fingerprint density at radius 3 is 2.23 bits per heavy atom. The van der Waals surface area contributed by atoms with Crippen LogP contribution in [0.4, 0.5) is 4.79 Å². The molecule has 0 saturated carbocycles. The zero-order valence-corrected chi connectivity index (χ0v) is 34.2. The van der Waals surface area contributed by atoms with Gasteiger partial charge in [0.2, 0.25) is 17.7 Å². The lowest BCUT2D eigenvalue weighted by molar-refractivity contribution is -0.256. The number of amides is 4. The predicted octanol–water partition coefficient (Wildman–Crippen LogP) is 6.78. The molecule has 4 amide bonds. The fourth-order valence-electron chi connectivity index (χ4n) is 7.88. The predicted molar refractivity (Wildman–Crippen MR) is 209 cm³/mol. The molecule has 4 N–H and O–H groups in total. The van der Waals surface area contributed by atoms with Gasteiger partial charge in [0, 0.05) is 42.5 Å². The first kappa shape index (κ1) is 44.0. The van der Waals surface area contributed by atoms with Gasteiger partial charge in [-0.3, -0.25) is 14.4 Å². The first-order valence-electron chi connectivity index (χ1n) is 19.8. The molecular formula is C42H69N5O6. The van der Waals surface area contributed by atoms with Crippen LogP contribution in [0.15, 0.2) is 42.5 Å². The highest BCUT2D eigenvalue weighted by Gasteiger charge is 2.46. The summed E-state index contributed by atoms with van der Waals surface area (Å²) in [6, 6.07) is 8.51. The number of hydrogen-bond donors (Lipinski definition) is 4. The highest BCUT2D eigenvalue weighted by atomic mass is 16.6. The van der Waals surface area contributed by atoms with E-state index in [-0.39, 0.29) is 23.8 Å². The van der Waals surface area contributed by atoms with Crippen LogP contribution in [0.3, 0.4) is 0 Å². The van der Waals surface area contributed by atoms with Crippen molar-refractivity contribution in [2.24, 2.45) is 17.8 Å². The largest absolute Gasteiger partial charge is 0.446 e. The molecule has 0 spiro atoms. The highest BCUT2D eigenvalue weighted by molar-refractivity contribution is 5.93. The molecule has 0 unspecified atom stereocenters. The van der Waals surface area contributed by atoms with Crippen molar-refractivity contribution in [2.45, 2.75) is 162 Å². The number of nitrogens with zero attached hydrogens (tertiary/aromatic N) is 2. The molecule has 0 aromatic heterocycles. The molecule has 0 radical (unpaired) electrons. The summed E-state index contributed by atoms with van der Waals surface area (Å²) in [5, 5.41) is 20.7. The number of allylic oxidation sites excluding steroid dienone is 1. The van der Waals surface area contributed by atoms with Gasteiger partial charge in [-0.05, 0) is 111 Å². The number of hydrogen-bond acceptors (Lipinski definition) is 7. The van der Waals surface area contributed by atoms with Crippen molar-refractivity contribution in [3.63, 3.8) is 0 Å². The van der Waals surface area contributed by atoms with E-state index in [1.165, 1.54) is 5.06 Å². The topological polar surface area (TPSA) is 140 Å². The van der Waals surface area contributed by atoms with E-state index in [0.29, 0.717) is 76.3 Å². The first-order chi connectivity index (χ1) is 24.7. The van der Waals surface area contributed by atoms with Crippen LogP contribution in [-0.2, 0) is 25.5 Å². The number of nitrogens with one attached hydrogen (secondary N) is 3. The molecule has 2 aliphatic rings. The van der Waals surface area contributed by atoms with E-state index >= 15 is 0 Å². The SMILES string of the molecule is CC(C)C[C@H](C)/C=C/[C@H](Cc1ccccc1)C(=O)N1CCC[C@H]1C(=O)N[C@@H](CCCCNC(=O)OC1CC(C)(C)N(O)C(C)(C)C1)C(=O)NC(C)(C)C. The van der Waals surface area contributed by atoms with Gasteiger partial charge in [-0.2, -0.15) is 5.06 Å². The maximum atomic E-state index is 14.2. The molecule has 0 bridgehead atoms. The number of unbranched alkanes of at least 4 members (excludes halogenated alkanes) is 1. The summed E-state index contributed by atoms with van der Waals surface area (Å²) in [7, 11) is 0. The zero-order chi connectivity index (χ0) is 39.6. The summed E-state index contributed by atoms with van der Waals surface area (Å²) in [6.07, 6.45) is 8.68. The van der Waals surface area contributed by atoms with Crippen molar-refractivity contribution in [3.8, 4) is 0 Å². The van der Waals surface area contributed by atoms with E-state index in [0.717, 1.165) is 12.0 Å². The normalized spacial score (nSPS) is 20.9. The Hall–Kier alpha value is -3.44. The third kappa shape index (κ3) is 14.0. The van der Waals surface area contributed by atoms with Gasteiger partial charge in [-0.15, -0.1) is 0 Å². The Morgan fingerprint density at radius 2 is 1.62 bits per heavy atom. The summed E-state index contributed by atoms with van der Waals surface area (Å²) in [6.45, 7) is 20.8. The second kappa shape index (κ2) is 19.2. The van der Waals surface area contributed by atoms with E-state index in [1.54, 1.807) is 4.90 Å². The molecule has 4 atom stereocenters. The lowest BCUT2D eigenvalue weighted by Crippen LogP contribution is -2.60. The van der Waals surface area contributed by atoms with Gasteiger partial charge in [0.25, 0.3) is 0 Å². The Bertz CT molecular complexity index is 1370. The fourth-order valence-corrected chi connectivity index (χ4v) is 7.88. The van der Waals surface area contributed by atoms with Crippen molar-refractivity contribution in [3.05, 3.63) is 48.0 Å². The Balaban J connectivity index is 1.62. The standard InChI is InChI=1S/C42H69N5O6/c1-29(2)25-30(3)21-22-32(26-31-17-12-11-13-18-31)38(50)46-24-16-20-35(46)37(49)44-34(36(48)45-40(4,5)6)19-14-15-23-43-39(51)53-33-27-41(7,8)47(52)42(9,10)28-33/h11-13,17-18,21-22,29-30,32-35,52H,14-16,19-20,23-28H2,1-10H3,(H,43,51)(H,44,49)(H,45,48)/b22-21+/t30-,32-,34+,35+/m1/s1. The number of carbonyl (C=O) groups is 4. The van der Waals surface area contributed by atoms with Crippen LogP contribution >= 0.6 is 0 Å². The van der Waals surface area contributed by atoms with Gasteiger partial charge >= 0.3 is 6.09 Å². The molecule has 3 rings (SSSR count). The van der Waals surface area contributed by atoms with Crippen molar-refractivity contribution < 1.29 is 29.1 Å². The minimum atomic E-state index is -0.795. The van der Waals surface area contributed by atoms with Crippen LogP contribution in [0, 0.1) is 17.8 Å². The van der Waals surface area contributed by atoms with Crippen molar-refractivity contribution in [2.75, 3.05) is 13.1 Å². The van der Waals surface area contributed by atoms with Crippen LogP contribution in [0.25, 0.3) is 0 Å². The molecule has 53 heavy (non-hydrogen) atoms. The Kier molecular flexibility index (Phi) is 16.0. The van der Waals surface area contributed by atoms with E-state index in [4.69, 9.17) is 4.74 Å². The van der Waals surface area contributed by atoms with Gasteiger partial charge < -0.3 is 30.8 Å². The smallest absolute Gasteiger partial charge is 0.407 e. The van der Waals surface area contributed by atoms with Gasteiger partial charge in [0.05, 0.1) is 5.92 Å². The lowest BCUT2D eigenvalue weighted by Gasteiger charge is -2.50. The van der Waals surface area contributed by atoms with Gasteiger partial charge in [-0.1, -0.05) is 63.3 Å². The molecule has 2 fully saturated rings. The molecule has 2 saturated heterocycles. The average Bonchev–Trinajstić information content (AvgIpc) is 3.54. The molecular weight excluding hydrogens is 670 g/mol. The van der Waals surface area contributed by atoms with Crippen LogP contribution in [0.5, 0.6) is 0 Å². The average molecular weight is 740 g/mol. The monoisotopic (exact) mass is 740 g/mol. The van der Waals surface area contributed by atoms with Gasteiger partial charge in [0.15, 0.2) is 0 Å². The molecule has 2 aliphatic heterocycles. The summed E-state index contributed by atoms with van der Waals surface area (Å²) >= 11 is 0. The minimum Gasteiger partial charge on any atom is -0.446 e. The van der Waals surface area contributed by atoms with Gasteiger partial charge in [0.1, 0.15) is 18.2 Å². The molecule has 11 nitrogen and oxygen atoms in total. The van der Waals surface area contributed by atoms with E-state index < -0.39 is 40.7 Å². The number of hydroxylamine groups is 2. The number of ether oxygens (including phenoxy) is 1. The van der Waals surface area contributed by atoms with Crippen LogP contribution < -0.4 is 16.0 Å². The minimum absolute atomic E-state index is 0.0674. The second-order valence-electron chi connectivity index (χ2n) is 18.1.